The SMILES string of the molecule is Nc1ccccc1C(=O)NC1CCN(c2cccc(OC(F)(F)F)c2)C1. The number of nitrogens with two attached hydrogens (primary N) is 1. The van der Waals surface area contributed by atoms with Crippen molar-refractivity contribution in [1.29, 1.82) is 0 Å². The topological polar surface area (TPSA) is 67.6 Å². The zero-order valence-corrected chi connectivity index (χ0v) is 13.8. The molecule has 1 fully saturated rings. The highest BCUT2D eigenvalue weighted by molar-refractivity contribution is 5.99. The van der Waals surface area contributed by atoms with Crippen LogP contribution in [-0.4, -0.2) is 31.4 Å². The van der Waals surface area contributed by atoms with E-state index in [1.807, 2.05) is 4.90 Å². The van der Waals surface area contributed by atoms with Crippen molar-refractivity contribution in [1.82, 2.24) is 5.32 Å². The average molecular weight is 365 g/mol. The van der Waals surface area contributed by atoms with Gasteiger partial charge in [0.15, 0.2) is 0 Å². The maximum Gasteiger partial charge on any atom is 0.573 e. The first-order chi connectivity index (χ1) is 12.3. The van der Waals surface area contributed by atoms with E-state index in [4.69, 9.17) is 5.73 Å². The van der Waals surface area contributed by atoms with Crippen molar-refractivity contribution >= 4 is 17.3 Å². The van der Waals surface area contributed by atoms with Crippen LogP contribution in [0.5, 0.6) is 5.75 Å². The van der Waals surface area contributed by atoms with E-state index >= 15 is 0 Å². The molecule has 1 heterocycles. The molecule has 2 aromatic rings. The average Bonchev–Trinajstić information content (AvgIpc) is 3.02. The maximum atomic E-state index is 12.4. The predicted molar refractivity (Wildman–Crippen MR) is 92.1 cm³/mol. The normalized spacial score (nSPS) is 17.2. The second kappa shape index (κ2) is 7.15. The molecule has 1 aliphatic heterocycles. The number of para-hydroxylation sites is 1. The fourth-order valence-corrected chi connectivity index (χ4v) is 2.96. The summed E-state index contributed by atoms with van der Waals surface area (Å²) in [5.74, 6) is -0.524. The lowest BCUT2D eigenvalue weighted by Crippen LogP contribution is -2.37. The van der Waals surface area contributed by atoms with Gasteiger partial charge in [0, 0.05) is 36.6 Å². The first-order valence-electron chi connectivity index (χ1n) is 8.08. The summed E-state index contributed by atoms with van der Waals surface area (Å²) in [4.78, 5) is 14.2. The molecule has 1 amide bonds. The zero-order chi connectivity index (χ0) is 18.7. The van der Waals surface area contributed by atoms with Crippen molar-refractivity contribution in [3.8, 4) is 5.75 Å². The van der Waals surface area contributed by atoms with E-state index in [9.17, 15) is 18.0 Å². The third kappa shape index (κ3) is 4.38. The van der Waals surface area contributed by atoms with E-state index in [0.29, 0.717) is 36.4 Å². The summed E-state index contributed by atoms with van der Waals surface area (Å²) < 4.78 is 41.0. The molecule has 1 saturated heterocycles. The van der Waals surface area contributed by atoms with Crippen molar-refractivity contribution in [3.63, 3.8) is 0 Å². The molecule has 0 aromatic heterocycles. The van der Waals surface area contributed by atoms with Crippen LogP contribution in [0, 0.1) is 0 Å². The van der Waals surface area contributed by atoms with Crippen LogP contribution in [0.25, 0.3) is 0 Å². The first-order valence-corrected chi connectivity index (χ1v) is 8.08. The number of amides is 1. The minimum Gasteiger partial charge on any atom is -0.406 e. The van der Waals surface area contributed by atoms with Crippen molar-refractivity contribution < 1.29 is 22.7 Å². The van der Waals surface area contributed by atoms with Crippen molar-refractivity contribution in [2.45, 2.75) is 18.8 Å². The number of carbonyl (C=O) groups excluding carboxylic acids is 1. The smallest absolute Gasteiger partial charge is 0.406 e. The molecule has 1 unspecified atom stereocenters. The van der Waals surface area contributed by atoms with E-state index in [0.717, 1.165) is 0 Å². The van der Waals surface area contributed by atoms with E-state index in [-0.39, 0.29) is 17.7 Å². The molecule has 0 radical (unpaired) electrons. The second-order valence-electron chi connectivity index (χ2n) is 6.04. The Kier molecular flexibility index (Phi) is 4.92. The molecule has 3 rings (SSSR count). The van der Waals surface area contributed by atoms with Gasteiger partial charge in [0.2, 0.25) is 0 Å². The van der Waals surface area contributed by atoms with Gasteiger partial charge in [-0.3, -0.25) is 4.79 Å². The molecule has 0 aliphatic carbocycles. The van der Waals surface area contributed by atoms with Crippen molar-refractivity contribution in [2.75, 3.05) is 23.7 Å². The highest BCUT2D eigenvalue weighted by Crippen LogP contribution is 2.28. The molecular weight excluding hydrogens is 347 g/mol. The van der Waals surface area contributed by atoms with Gasteiger partial charge in [-0.1, -0.05) is 18.2 Å². The minimum atomic E-state index is -4.73. The summed E-state index contributed by atoms with van der Waals surface area (Å²) >= 11 is 0. The molecule has 138 valence electrons. The van der Waals surface area contributed by atoms with E-state index in [1.165, 1.54) is 18.2 Å². The van der Waals surface area contributed by atoms with Crippen LogP contribution < -0.4 is 20.7 Å². The monoisotopic (exact) mass is 365 g/mol. The van der Waals surface area contributed by atoms with Crippen LogP contribution in [0.4, 0.5) is 24.5 Å². The second-order valence-corrected chi connectivity index (χ2v) is 6.04. The molecule has 0 spiro atoms. The number of rotatable bonds is 4. The first kappa shape index (κ1) is 17.9. The molecule has 2 aromatic carbocycles. The highest BCUT2D eigenvalue weighted by Gasteiger charge is 2.31. The molecule has 1 atom stereocenters. The van der Waals surface area contributed by atoms with Gasteiger partial charge in [-0.05, 0) is 30.7 Å². The Morgan fingerprint density at radius 1 is 1.19 bits per heavy atom. The number of nitrogen functional groups attached to an aromatic ring is 1. The van der Waals surface area contributed by atoms with Crippen LogP contribution in [0.2, 0.25) is 0 Å². The third-order valence-corrected chi connectivity index (χ3v) is 4.15. The van der Waals surface area contributed by atoms with Crippen LogP contribution in [0.15, 0.2) is 48.5 Å². The van der Waals surface area contributed by atoms with E-state index in [2.05, 4.69) is 10.1 Å². The van der Waals surface area contributed by atoms with Crippen molar-refractivity contribution in [3.05, 3.63) is 54.1 Å². The van der Waals surface area contributed by atoms with Gasteiger partial charge in [0.05, 0.1) is 5.56 Å². The summed E-state index contributed by atoms with van der Waals surface area (Å²) in [6.07, 6.45) is -4.04. The quantitative estimate of drug-likeness (QED) is 0.817. The van der Waals surface area contributed by atoms with E-state index in [1.54, 1.807) is 30.3 Å². The third-order valence-electron chi connectivity index (χ3n) is 4.15. The Bertz CT molecular complexity index is 795. The standard InChI is InChI=1S/C18H18F3N3O2/c19-18(20,21)26-14-5-3-4-13(10-14)24-9-8-12(11-24)23-17(25)15-6-1-2-7-16(15)22/h1-7,10,12H,8-9,11,22H2,(H,23,25). The van der Waals surface area contributed by atoms with Gasteiger partial charge < -0.3 is 20.7 Å². The fourth-order valence-electron chi connectivity index (χ4n) is 2.96. The summed E-state index contributed by atoms with van der Waals surface area (Å²) in [7, 11) is 0. The number of benzene rings is 2. The molecule has 26 heavy (non-hydrogen) atoms. The Hall–Kier alpha value is -2.90. The zero-order valence-electron chi connectivity index (χ0n) is 13.8. The van der Waals surface area contributed by atoms with Crippen LogP contribution in [0.1, 0.15) is 16.8 Å². The van der Waals surface area contributed by atoms with Crippen LogP contribution in [-0.2, 0) is 0 Å². The molecule has 0 bridgehead atoms. The molecule has 5 nitrogen and oxygen atoms in total. The Morgan fingerprint density at radius 3 is 2.69 bits per heavy atom. The Labute approximate surface area is 148 Å². The minimum absolute atomic E-state index is 0.116. The van der Waals surface area contributed by atoms with Gasteiger partial charge in [-0.25, -0.2) is 0 Å². The number of halogens is 3. The maximum absolute atomic E-state index is 12.4. The number of anilines is 2. The van der Waals surface area contributed by atoms with Crippen LogP contribution >= 0.6 is 0 Å². The summed E-state index contributed by atoms with van der Waals surface area (Å²) in [6, 6.07) is 12.5. The fraction of sp³-hybridized carbons (Fsp3) is 0.278. The largest absolute Gasteiger partial charge is 0.573 e. The Morgan fingerprint density at radius 2 is 1.96 bits per heavy atom. The molecular formula is C18H18F3N3O2. The molecule has 8 heteroatoms. The lowest BCUT2D eigenvalue weighted by molar-refractivity contribution is -0.274. The summed E-state index contributed by atoms with van der Waals surface area (Å²) in [6.45, 7) is 1.11. The molecule has 0 saturated carbocycles. The predicted octanol–water partition coefficient (Wildman–Crippen LogP) is 3.18. The lowest BCUT2D eigenvalue weighted by Gasteiger charge is -2.20. The number of hydrogen-bond donors (Lipinski definition) is 2. The van der Waals surface area contributed by atoms with Gasteiger partial charge in [0.1, 0.15) is 5.75 Å². The van der Waals surface area contributed by atoms with Crippen molar-refractivity contribution in [2.24, 2.45) is 0 Å². The van der Waals surface area contributed by atoms with Gasteiger partial charge in [-0.2, -0.15) is 0 Å². The molecule has 1 aliphatic rings. The number of alkyl halides is 3. The van der Waals surface area contributed by atoms with Gasteiger partial charge >= 0.3 is 6.36 Å². The lowest BCUT2D eigenvalue weighted by atomic mass is 10.1. The summed E-state index contributed by atoms with van der Waals surface area (Å²) in [5.41, 5.74) is 7.23. The molecule has 3 N–H and O–H groups in total. The number of ether oxygens (including phenoxy) is 1. The highest BCUT2D eigenvalue weighted by atomic mass is 19.4. The summed E-state index contributed by atoms with van der Waals surface area (Å²) in [5, 5.41) is 2.92. The number of nitrogens with one attached hydrogen (secondary N) is 1. The van der Waals surface area contributed by atoms with Gasteiger partial charge in [0.25, 0.3) is 5.91 Å². The van der Waals surface area contributed by atoms with Gasteiger partial charge in [-0.15, -0.1) is 13.2 Å². The number of hydrogen-bond acceptors (Lipinski definition) is 4. The number of nitrogens with zero attached hydrogens (tertiary/aromatic N) is 1. The number of carbonyl (C=O) groups is 1. The Balaban J connectivity index is 1.63. The van der Waals surface area contributed by atoms with Crippen LogP contribution in [0.3, 0.4) is 0 Å². The van der Waals surface area contributed by atoms with E-state index < -0.39 is 6.36 Å².